The monoisotopic (exact) mass is 302 g/mol. The summed E-state index contributed by atoms with van der Waals surface area (Å²) in [6, 6.07) is 9.66. The molecule has 5 nitrogen and oxygen atoms in total. The predicted octanol–water partition coefficient (Wildman–Crippen LogP) is 3.31. The van der Waals surface area contributed by atoms with E-state index in [9.17, 15) is 14.5 Å². The van der Waals surface area contributed by atoms with Crippen LogP contribution in [0.4, 0.5) is 15.8 Å². The maximum Gasteiger partial charge on any atom is 0.311 e. The first-order valence-electron chi connectivity index (χ1n) is 6.93. The lowest BCUT2D eigenvalue weighted by atomic mass is 9.99. The summed E-state index contributed by atoms with van der Waals surface area (Å²) in [5, 5.41) is 10.9. The van der Waals surface area contributed by atoms with Crippen LogP contribution in [0.15, 0.2) is 36.4 Å². The van der Waals surface area contributed by atoms with Crippen molar-refractivity contribution < 1.29 is 14.1 Å². The van der Waals surface area contributed by atoms with Crippen LogP contribution in [-0.2, 0) is 13.0 Å². The second kappa shape index (κ2) is 5.63. The Morgan fingerprint density at radius 3 is 2.77 bits per heavy atom. The van der Waals surface area contributed by atoms with E-state index in [-0.39, 0.29) is 17.3 Å². The van der Waals surface area contributed by atoms with Crippen LogP contribution >= 0.6 is 0 Å². The van der Waals surface area contributed by atoms with E-state index in [1.807, 2.05) is 0 Å². The van der Waals surface area contributed by atoms with Crippen LogP contribution in [0.5, 0.6) is 5.75 Å². The quantitative estimate of drug-likeness (QED) is 0.645. The van der Waals surface area contributed by atoms with Crippen molar-refractivity contribution in [2.24, 2.45) is 0 Å². The van der Waals surface area contributed by atoms with Crippen molar-refractivity contribution in [3.63, 3.8) is 0 Å². The molecule has 2 aromatic rings. The summed E-state index contributed by atoms with van der Waals surface area (Å²) in [5.74, 6) is 0.0246. The van der Waals surface area contributed by atoms with E-state index < -0.39 is 4.92 Å². The van der Waals surface area contributed by atoms with Gasteiger partial charge in [-0.05, 0) is 35.7 Å². The lowest BCUT2D eigenvalue weighted by molar-refractivity contribution is -0.385. The lowest BCUT2D eigenvalue weighted by Crippen LogP contribution is -2.30. The molecule has 0 radical (unpaired) electrons. The van der Waals surface area contributed by atoms with Gasteiger partial charge in [-0.15, -0.1) is 0 Å². The number of nitro groups is 1. The van der Waals surface area contributed by atoms with E-state index >= 15 is 0 Å². The number of rotatable bonds is 3. The molecular weight excluding hydrogens is 287 g/mol. The van der Waals surface area contributed by atoms with E-state index in [2.05, 4.69) is 4.90 Å². The number of hydrogen-bond donors (Lipinski definition) is 0. The summed E-state index contributed by atoms with van der Waals surface area (Å²) in [7, 11) is 1.42. The first kappa shape index (κ1) is 14.3. The fourth-order valence-corrected chi connectivity index (χ4v) is 2.76. The molecule has 0 saturated carbocycles. The van der Waals surface area contributed by atoms with E-state index in [1.54, 1.807) is 24.3 Å². The van der Waals surface area contributed by atoms with Crippen LogP contribution in [0.2, 0.25) is 0 Å². The maximum absolute atomic E-state index is 13.2. The minimum atomic E-state index is -0.461. The van der Waals surface area contributed by atoms with Crippen molar-refractivity contribution in [2.75, 3.05) is 18.6 Å². The third-order valence-corrected chi connectivity index (χ3v) is 3.91. The Balaban J connectivity index is 1.89. The Labute approximate surface area is 127 Å². The first-order chi connectivity index (χ1) is 10.6. The molecule has 0 N–H and O–H groups in total. The van der Waals surface area contributed by atoms with Gasteiger partial charge in [-0.2, -0.15) is 0 Å². The van der Waals surface area contributed by atoms with Crippen LogP contribution in [-0.4, -0.2) is 18.6 Å². The molecule has 3 rings (SSSR count). The summed E-state index contributed by atoms with van der Waals surface area (Å²) in [4.78, 5) is 12.6. The molecule has 0 aromatic heterocycles. The highest BCUT2D eigenvalue weighted by molar-refractivity contribution is 5.60. The van der Waals surface area contributed by atoms with Crippen LogP contribution in [0.25, 0.3) is 0 Å². The van der Waals surface area contributed by atoms with Crippen LogP contribution < -0.4 is 9.64 Å². The number of ether oxygens (including phenoxy) is 1. The molecule has 0 aliphatic carbocycles. The number of fused-ring (bicyclic) bond motifs is 1. The van der Waals surface area contributed by atoms with Crippen molar-refractivity contribution in [3.05, 3.63) is 63.5 Å². The van der Waals surface area contributed by atoms with Crippen LogP contribution in [0.3, 0.4) is 0 Å². The molecule has 22 heavy (non-hydrogen) atoms. The number of methoxy groups -OCH3 is 1. The van der Waals surface area contributed by atoms with Crippen LogP contribution in [0, 0.1) is 15.9 Å². The molecule has 114 valence electrons. The fourth-order valence-electron chi connectivity index (χ4n) is 2.76. The highest BCUT2D eigenvalue weighted by Gasteiger charge is 2.20. The second-order valence-corrected chi connectivity index (χ2v) is 5.20. The smallest absolute Gasteiger partial charge is 0.311 e. The predicted molar refractivity (Wildman–Crippen MR) is 80.8 cm³/mol. The van der Waals surface area contributed by atoms with Gasteiger partial charge in [0.1, 0.15) is 5.82 Å². The molecule has 0 amide bonds. The highest BCUT2D eigenvalue weighted by atomic mass is 19.1. The zero-order chi connectivity index (χ0) is 15.7. The number of benzene rings is 2. The zero-order valence-corrected chi connectivity index (χ0v) is 12.1. The van der Waals surface area contributed by atoms with Gasteiger partial charge in [0.2, 0.25) is 0 Å². The third-order valence-electron chi connectivity index (χ3n) is 3.91. The molecular formula is C16H15FN2O3. The number of halogens is 1. The van der Waals surface area contributed by atoms with Crippen molar-refractivity contribution in [3.8, 4) is 5.75 Å². The Hall–Kier alpha value is -2.63. The van der Waals surface area contributed by atoms with Gasteiger partial charge < -0.3 is 9.64 Å². The lowest BCUT2D eigenvalue weighted by Gasteiger charge is -2.30. The van der Waals surface area contributed by atoms with Gasteiger partial charge in [0.05, 0.1) is 12.0 Å². The van der Waals surface area contributed by atoms with Gasteiger partial charge in [0.25, 0.3) is 0 Å². The summed E-state index contributed by atoms with van der Waals surface area (Å²) < 4.78 is 18.3. The van der Waals surface area contributed by atoms with Crippen molar-refractivity contribution in [1.82, 2.24) is 0 Å². The molecule has 0 spiro atoms. The highest BCUT2D eigenvalue weighted by Crippen LogP contribution is 2.33. The van der Waals surface area contributed by atoms with Gasteiger partial charge in [0, 0.05) is 30.9 Å². The number of anilines is 1. The zero-order valence-electron chi connectivity index (χ0n) is 12.1. The average molecular weight is 302 g/mol. The van der Waals surface area contributed by atoms with Crippen molar-refractivity contribution in [2.45, 2.75) is 13.0 Å². The Morgan fingerprint density at radius 2 is 2.05 bits per heavy atom. The van der Waals surface area contributed by atoms with Gasteiger partial charge >= 0.3 is 5.69 Å². The molecule has 0 unspecified atom stereocenters. The summed E-state index contributed by atoms with van der Waals surface area (Å²) >= 11 is 0. The molecule has 1 aliphatic heterocycles. The minimum Gasteiger partial charge on any atom is -0.490 e. The fraction of sp³-hybridized carbons (Fsp3) is 0.250. The SMILES string of the molecule is COc1cc(N2CCc3cc(F)ccc3C2)ccc1[N+](=O)[O-]. The molecule has 0 fully saturated rings. The summed E-state index contributed by atoms with van der Waals surface area (Å²) in [5.41, 5.74) is 2.90. The average Bonchev–Trinajstić information content (AvgIpc) is 2.53. The minimum absolute atomic E-state index is 0.0502. The standard InChI is InChI=1S/C16H15FN2O3/c1-22-16-9-14(4-5-15(16)19(20)21)18-7-6-11-8-13(17)3-2-12(11)10-18/h2-5,8-9H,6-7,10H2,1H3. The van der Waals surface area contributed by atoms with E-state index in [4.69, 9.17) is 4.74 Å². The third kappa shape index (κ3) is 2.59. The largest absolute Gasteiger partial charge is 0.490 e. The van der Waals surface area contributed by atoms with Gasteiger partial charge in [-0.1, -0.05) is 6.07 Å². The topological polar surface area (TPSA) is 55.6 Å². The first-order valence-corrected chi connectivity index (χ1v) is 6.93. The van der Waals surface area contributed by atoms with E-state index in [0.717, 1.165) is 29.8 Å². The maximum atomic E-state index is 13.2. The molecule has 0 atom stereocenters. The molecule has 0 bridgehead atoms. The number of hydrogen-bond acceptors (Lipinski definition) is 4. The van der Waals surface area contributed by atoms with Crippen molar-refractivity contribution >= 4 is 11.4 Å². The summed E-state index contributed by atoms with van der Waals surface area (Å²) in [6.45, 7) is 1.38. The molecule has 1 aliphatic rings. The molecule has 0 saturated heterocycles. The van der Waals surface area contributed by atoms with Crippen LogP contribution in [0.1, 0.15) is 11.1 Å². The normalized spacial score (nSPS) is 13.6. The summed E-state index contributed by atoms with van der Waals surface area (Å²) in [6.07, 6.45) is 0.742. The number of nitro benzene ring substituents is 1. The van der Waals surface area contributed by atoms with E-state index in [1.165, 1.54) is 19.2 Å². The van der Waals surface area contributed by atoms with Gasteiger partial charge in [-0.25, -0.2) is 4.39 Å². The Morgan fingerprint density at radius 1 is 1.23 bits per heavy atom. The van der Waals surface area contributed by atoms with E-state index in [0.29, 0.717) is 6.54 Å². The Kier molecular flexibility index (Phi) is 3.66. The molecule has 6 heteroatoms. The van der Waals surface area contributed by atoms with Gasteiger partial charge in [-0.3, -0.25) is 10.1 Å². The van der Waals surface area contributed by atoms with Crippen molar-refractivity contribution in [1.29, 1.82) is 0 Å². The van der Waals surface area contributed by atoms with Gasteiger partial charge in [0.15, 0.2) is 5.75 Å². The molecule has 1 heterocycles. The number of nitrogens with zero attached hydrogens (tertiary/aromatic N) is 2. The molecule has 2 aromatic carbocycles. The second-order valence-electron chi connectivity index (χ2n) is 5.20. The Bertz CT molecular complexity index is 733.